The maximum absolute atomic E-state index is 12.3. The van der Waals surface area contributed by atoms with E-state index >= 15 is 0 Å². The van der Waals surface area contributed by atoms with Crippen molar-refractivity contribution in [2.75, 3.05) is 32.7 Å². The molecule has 118 valence electrons. The van der Waals surface area contributed by atoms with Crippen molar-refractivity contribution in [3.63, 3.8) is 0 Å². The topological polar surface area (TPSA) is 36.4 Å². The SMILES string of the molecule is Cc1ncsc1CCC(=O)N1CCN(CC(F)(F)F)CC1. The fourth-order valence-corrected chi connectivity index (χ4v) is 3.13. The second-order valence-corrected chi connectivity index (χ2v) is 6.07. The lowest BCUT2D eigenvalue weighted by Crippen LogP contribution is -2.50. The zero-order valence-corrected chi connectivity index (χ0v) is 12.6. The Hall–Kier alpha value is -1.15. The summed E-state index contributed by atoms with van der Waals surface area (Å²) in [5.74, 6) is 0.00876. The molecule has 0 aliphatic carbocycles. The average Bonchev–Trinajstić information content (AvgIpc) is 2.80. The average molecular weight is 321 g/mol. The quantitative estimate of drug-likeness (QED) is 0.852. The van der Waals surface area contributed by atoms with E-state index in [0.717, 1.165) is 10.6 Å². The van der Waals surface area contributed by atoms with Crippen molar-refractivity contribution in [3.05, 3.63) is 16.1 Å². The van der Waals surface area contributed by atoms with Gasteiger partial charge in [0.15, 0.2) is 0 Å². The van der Waals surface area contributed by atoms with Crippen LogP contribution in [0.15, 0.2) is 5.51 Å². The van der Waals surface area contributed by atoms with E-state index in [0.29, 0.717) is 25.9 Å². The Balaban J connectivity index is 1.74. The van der Waals surface area contributed by atoms with Crippen molar-refractivity contribution in [2.45, 2.75) is 25.9 Å². The third-order valence-corrected chi connectivity index (χ3v) is 4.53. The number of nitrogens with zero attached hydrogens (tertiary/aromatic N) is 3. The van der Waals surface area contributed by atoms with E-state index in [9.17, 15) is 18.0 Å². The van der Waals surface area contributed by atoms with Gasteiger partial charge < -0.3 is 4.90 Å². The molecule has 1 aliphatic heterocycles. The summed E-state index contributed by atoms with van der Waals surface area (Å²) >= 11 is 1.53. The molecule has 1 saturated heterocycles. The van der Waals surface area contributed by atoms with E-state index in [1.165, 1.54) is 16.2 Å². The number of thiazole rings is 1. The molecule has 0 radical (unpaired) electrons. The summed E-state index contributed by atoms with van der Waals surface area (Å²) in [6.45, 7) is 2.32. The molecule has 2 rings (SSSR count). The van der Waals surface area contributed by atoms with E-state index in [4.69, 9.17) is 0 Å². The van der Waals surface area contributed by atoms with Crippen LogP contribution in [-0.2, 0) is 11.2 Å². The van der Waals surface area contributed by atoms with Crippen LogP contribution in [0.4, 0.5) is 13.2 Å². The first-order valence-corrected chi connectivity index (χ1v) is 7.69. The lowest BCUT2D eigenvalue weighted by Gasteiger charge is -2.35. The molecular formula is C13H18F3N3OS. The van der Waals surface area contributed by atoms with E-state index in [1.807, 2.05) is 6.92 Å². The maximum atomic E-state index is 12.3. The number of halogens is 3. The first-order chi connectivity index (χ1) is 9.85. The number of piperazine rings is 1. The fraction of sp³-hybridized carbons (Fsp3) is 0.692. The number of aryl methyl sites for hydroxylation is 2. The zero-order chi connectivity index (χ0) is 15.5. The number of amides is 1. The Morgan fingerprint density at radius 1 is 1.33 bits per heavy atom. The summed E-state index contributed by atoms with van der Waals surface area (Å²) in [4.78, 5) is 20.3. The largest absolute Gasteiger partial charge is 0.401 e. The van der Waals surface area contributed by atoms with Gasteiger partial charge in [0.2, 0.25) is 5.91 Å². The fourth-order valence-electron chi connectivity index (χ4n) is 2.35. The molecule has 21 heavy (non-hydrogen) atoms. The number of rotatable bonds is 4. The highest BCUT2D eigenvalue weighted by Gasteiger charge is 2.32. The Labute approximate surface area is 125 Å². The zero-order valence-electron chi connectivity index (χ0n) is 11.8. The molecule has 1 fully saturated rings. The normalized spacial score (nSPS) is 17.2. The van der Waals surface area contributed by atoms with Gasteiger partial charge in [-0.15, -0.1) is 11.3 Å². The van der Waals surface area contributed by atoms with Gasteiger partial charge in [-0.05, 0) is 13.3 Å². The standard InChI is InChI=1S/C13H18F3N3OS/c1-10-11(21-9-17-10)2-3-12(20)19-6-4-18(5-7-19)8-13(14,15)16/h9H,2-8H2,1H3. The monoisotopic (exact) mass is 321 g/mol. The molecule has 0 bridgehead atoms. The lowest BCUT2D eigenvalue weighted by atomic mass is 10.2. The molecule has 0 aromatic carbocycles. The predicted molar refractivity (Wildman–Crippen MR) is 74.2 cm³/mol. The number of carbonyl (C=O) groups excluding carboxylic acids is 1. The molecule has 0 atom stereocenters. The Morgan fingerprint density at radius 3 is 2.52 bits per heavy atom. The van der Waals surface area contributed by atoms with Crippen molar-refractivity contribution in [1.29, 1.82) is 0 Å². The first kappa shape index (κ1) is 16.2. The number of aromatic nitrogens is 1. The van der Waals surface area contributed by atoms with Gasteiger partial charge in [-0.1, -0.05) is 0 Å². The third-order valence-electron chi connectivity index (χ3n) is 3.54. The van der Waals surface area contributed by atoms with Crippen molar-refractivity contribution >= 4 is 17.2 Å². The highest BCUT2D eigenvalue weighted by atomic mass is 32.1. The molecular weight excluding hydrogens is 303 g/mol. The van der Waals surface area contributed by atoms with Gasteiger partial charge in [0.05, 0.1) is 17.7 Å². The van der Waals surface area contributed by atoms with Crippen LogP contribution < -0.4 is 0 Å². The number of alkyl halides is 3. The molecule has 0 unspecified atom stereocenters. The van der Waals surface area contributed by atoms with Gasteiger partial charge in [0.25, 0.3) is 0 Å². The summed E-state index contributed by atoms with van der Waals surface area (Å²) in [6, 6.07) is 0. The van der Waals surface area contributed by atoms with E-state index in [1.54, 1.807) is 10.4 Å². The summed E-state index contributed by atoms with van der Waals surface area (Å²) in [5.41, 5.74) is 2.70. The highest BCUT2D eigenvalue weighted by molar-refractivity contribution is 7.09. The van der Waals surface area contributed by atoms with Crippen LogP contribution in [0, 0.1) is 6.92 Å². The molecule has 4 nitrogen and oxygen atoms in total. The minimum absolute atomic E-state index is 0.00876. The molecule has 1 amide bonds. The van der Waals surface area contributed by atoms with Crippen LogP contribution in [0.3, 0.4) is 0 Å². The minimum Gasteiger partial charge on any atom is -0.340 e. The number of hydrogen-bond donors (Lipinski definition) is 0. The molecule has 0 saturated carbocycles. The molecule has 8 heteroatoms. The van der Waals surface area contributed by atoms with Crippen molar-refractivity contribution in [1.82, 2.24) is 14.8 Å². The van der Waals surface area contributed by atoms with Crippen LogP contribution in [0.25, 0.3) is 0 Å². The Kier molecular flexibility index (Phi) is 5.21. The number of carbonyl (C=O) groups is 1. The van der Waals surface area contributed by atoms with Gasteiger partial charge >= 0.3 is 6.18 Å². The maximum Gasteiger partial charge on any atom is 0.401 e. The van der Waals surface area contributed by atoms with Gasteiger partial charge in [0.1, 0.15) is 0 Å². The van der Waals surface area contributed by atoms with Crippen molar-refractivity contribution in [2.24, 2.45) is 0 Å². The van der Waals surface area contributed by atoms with Gasteiger partial charge in [-0.25, -0.2) is 4.98 Å². The Morgan fingerprint density at radius 2 is 2.00 bits per heavy atom. The molecule has 1 aromatic heterocycles. The second kappa shape index (κ2) is 6.74. The summed E-state index contributed by atoms with van der Waals surface area (Å²) in [6.07, 6.45) is -3.13. The predicted octanol–water partition coefficient (Wildman–Crippen LogP) is 2.09. The van der Waals surface area contributed by atoms with E-state index < -0.39 is 12.7 Å². The molecule has 2 heterocycles. The van der Waals surface area contributed by atoms with Crippen LogP contribution in [0.2, 0.25) is 0 Å². The van der Waals surface area contributed by atoms with Crippen molar-refractivity contribution in [3.8, 4) is 0 Å². The lowest BCUT2D eigenvalue weighted by molar-refractivity contribution is -0.151. The van der Waals surface area contributed by atoms with E-state index in [-0.39, 0.29) is 19.0 Å². The van der Waals surface area contributed by atoms with Gasteiger partial charge in [-0.2, -0.15) is 13.2 Å². The summed E-state index contributed by atoms with van der Waals surface area (Å²) in [7, 11) is 0. The number of hydrogen-bond acceptors (Lipinski definition) is 4. The Bertz CT molecular complexity index is 481. The van der Waals surface area contributed by atoms with Gasteiger partial charge in [0, 0.05) is 37.5 Å². The van der Waals surface area contributed by atoms with Crippen LogP contribution in [0.5, 0.6) is 0 Å². The minimum atomic E-state index is -4.17. The van der Waals surface area contributed by atoms with Crippen LogP contribution in [-0.4, -0.2) is 59.6 Å². The summed E-state index contributed by atoms with van der Waals surface area (Å²) < 4.78 is 36.9. The smallest absolute Gasteiger partial charge is 0.340 e. The molecule has 1 aromatic rings. The van der Waals surface area contributed by atoms with E-state index in [2.05, 4.69) is 4.98 Å². The van der Waals surface area contributed by atoms with Crippen LogP contribution >= 0.6 is 11.3 Å². The highest BCUT2D eigenvalue weighted by Crippen LogP contribution is 2.18. The van der Waals surface area contributed by atoms with Crippen molar-refractivity contribution < 1.29 is 18.0 Å². The molecule has 0 spiro atoms. The van der Waals surface area contributed by atoms with Gasteiger partial charge in [-0.3, -0.25) is 9.69 Å². The van der Waals surface area contributed by atoms with Crippen LogP contribution in [0.1, 0.15) is 17.0 Å². The first-order valence-electron chi connectivity index (χ1n) is 6.81. The molecule has 1 aliphatic rings. The summed E-state index contributed by atoms with van der Waals surface area (Å²) in [5, 5.41) is 0. The molecule has 0 N–H and O–H groups in total. The second-order valence-electron chi connectivity index (χ2n) is 5.13. The third kappa shape index (κ3) is 4.96.